The Bertz CT molecular complexity index is 478. The van der Waals surface area contributed by atoms with Crippen LogP contribution in [0, 0.1) is 6.92 Å². The van der Waals surface area contributed by atoms with Crippen LogP contribution < -0.4 is 5.73 Å². The first-order valence-corrected chi connectivity index (χ1v) is 6.41. The van der Waals surface area contributed by atoms with Crippen molar-refractivity contribution >= 4 is 22.9 Å². The maximum atomic E-state index is 6.16. The molecule has 2 N–H and O–H groups in total. The molecule has 0 aliphatic heterocycles. The van der Waals surface area contributed by atoms with Gasteiger partial charge in [-0.1, -0.05) is 29.8 Å². The molecule has 84 valence electrons. The van der Waals surface area contributed by atoms with Crippen LogP contribution in [0.4, 0.5) is 0 Å². The smallest absolute Gasteiger partial charge is 0.0438 e. The molecule has 0 radical (unpaired) electrons. The molecule has 2 rings (SSSR count). The van der Waals surface area contributed by atoms with Crippen molar-refractivity contribution < 1.29 is 0 Å². The van der Waals surface area contributed by atoms with Crippen LogP contribution in [-0.2, 0) is 6.42 Å². The lowest BCUT2D eigenvalue weighted by atomic mass is 10.1. The molecule has 1 aromatic heterocycles. The van der Waals surface area contributed by atoms with E-state index in [0.717, 1.165) is 17.0 Å². The van der Waals surface area contributed by atoms with Crippen molar-refractivity contribution in [2.24, 2.45) is 5.73 Å². The summed E-state index contributed by atoms with van der Waals surface area (Å²) in [5, 5.41) is 0.797. The van der Waals surface area contributed by atoms with Gasteiger partial charge in [-0.25, -0.2) is 0 Å². The summed E-state index contributed by atoms with van der Waals surface area (Å²) in [5.41, 5.74) is 7.27. The minimum Gasteiger partial charge on any atom is -0.323 e. The predicted octanol–water partition coefficient (Wildman–Crippen LogP) is 3.95. The minimum absolute atomic E-state index is 0.0404. The SMILES string of the molecule is Cc1ccc(C(N)Cc2ccccc2Cl)s1. The zero-order valence-electron chi connectivity index (χ0n) is 9.11. The lowest BCUT2D eigenvalue weighted by Gasteiger charge is -2.10. The van der Waals surface area contributed by atoms with E-state index in [-0.39, 0.29) is 6.04 Å². The van der Waals surface area contributed by atoms with Gasteiger partial charge in [0.25, 0.3) is 0 Å². The highest BCUT2D eigenvalue weighted by atomic mass is 35.5. The fourth-order valence-corrected chi connectivity index (χ4v) is 2.75. The van der Waals surface area contributed by atoms with Gasteiger partial charge in [0.2, 0.25) is 0 Å². The fourth-order valence-electron chi connectivity index (χ4n) is 1.65. The van der Waals surface area contributed by atoms with Gasteiger partial charge in [-0.2, -0.15) is 0 Å². The van der Waals surface area contributed by atoms with E-state index in [9.17, 15) is 0 Å². The molecule has 3 heteroatoms. The van der Waals surface area contributed by atoms with Crippen molar-refractivity contribution in [3.05, 3.63) is 56.7 Å². The lowest BCUT2D eigenvalue weighted by Crippen LogP contribution is -2.11. The van der Waals surface area contributed by atoms with Crippen molar-refractivity contribution in [3.8, 4) is 0 Å². The maximum Gasteiger partial charge on any atom is 0.0438 e. The second-order valence-corrected chi connectivity index (χ2v) is 5.58. The van der Waals surface area contributed by atoms with Gasteiger partial charge in [-0.15, -0.1) is 11.3 Å². The van der Waals surface area contributed by atoms with Crippen LogP contribution in [0.2, 0.25) is 5.02 Å². The fraction of sp³-hybridized carbons (Fsp3) is 0.231. The average Bonchev–Trinajstić information content (AvgIpc) is 2.68. The molecule has 0 spiro atoms. The Labute approximate surface area is 105 Å². The highest BCUT2D eigenvalue weighted by molar-refractivity contribution is 7.12. The van der Waals surface area contributed by atoms with Crippen molar-refractivity contribution in [2.45, 2.75) is 19.4 Å². The summed E-state index contributed by atoms with van der Waals surface area (Å²) in [6.45, 7) is 2.09. The van der Waals surface area contributed by atoms with E-state index in [0.29, 0.717) is 0 Å². The molecule has 1 heterocycles. The second kappa shape index (κ2) is 5.00. The number of hydrogen-bond acceptors (Lipinski definition) is 2. The molecule has 1 aromatic carbocycles. The highest BCUT2D eigenvalue weighted by Crippen LogP contribution is 2.26. The van der Waals surface area contributed by atoms with Gasteiger partial charge in [0, 0.05) is 20.8 Å². The van der Waals surface area contributed by atoms with E-state index in [1.807, 2.05) is 24.3 Å². The molecular formula is C13H14ClNS. The van der Waals surface area contributed by atoms with Gasteiger partial charge in [0.05, 0.1) is 0 Å². The number of rotatable bonds is 3. The predicted molar refractivity (Wildman–Crippen MR) is 71.1 cm³/mol. The van der Waals surface area contributed by atoms with Crippen molar-refractivity contribution in [1.82, 2.24) is 0 Å². The molecule has 0 bridgehead atoms. The van der Waals surface area contributed by atoms with Gasteiger partial charge >= 0.3 is 0 Å². The molecule has 0 saturated heterocycles. The topological polar surface area (TPSA) is 26.0 Å². The Morgan fingerprint density at radius 1 is 1.25 bits per heavy atom. The number of halogens is 1. The summed E-state index contributed by atoms with van der Waals surface area (Å²) in [4.78, 5) is 2.52. The van der Waals surface area contributed by atoms with Gasteiger partial charge in [-0.3, -0.25) is 0 Å². The number of hydrogen-bond donors (Lipinski definition) is 1. The quantitative estimate of drug-likeness (QED) is 0.878. The van der Waals surface area contributed by atoms with Crippen molar-refractivity contribution in [3.63, 3.8) is 0 Å². The Morgan fingerprint density at radius 2 is 2.00 bits per heavy atom. The zero-order chi connectivity index (χ0) is 11.5. The summed E-state index contributed by atoms with van der Waals surface area (Å²) in [6.07, 6.45) is 0.791. The Kier molecular flexibility index (Phi) is 3.64. The number of nitrogens with two attached hydrogens (primary N) is 1. The number of thiophene rings is 1. The zero-order valence-corrected chi connectivity index (χ0v) is 10.7. The van der Waals surface area contributed by atoms with Gasteiger partial charge in [0.15, 0.2) is 0 Å². The van der Waals surface area contributed by atoms with E-state index in [1.54, 1.807) is 11.3 Å². The number of aryl methyl sites for hydroxylation is 1. The Balaban J connectivity index is 2.13. The molecule has 16 heavy (non-hydrogen) atoms. The Morgan fingerprint density at radius 3 is 2.62 bits per heavy atom. The monoisotopic (exact) mass is 251 g/mol. The third kappa shape index (κ3) is 2.64. The maximum absolute atomic E-state index is 6.16. The lowest BCUT2D eigenvalue weighted by molar-refractivity contribution is 0.737. The molecule has 0 aliphatic carbocycles. The summed E-state index contributed by atoms with van der Waals surface area (Å²) in [7, 11) is 0. The third-order valence-corrected chi connectivity index (χ3v) is 4.03. The molecule has 2 aromatic rings. The molecule has 0 amide bonds. The molecule has 1 atom stereocenters. The van der Waals surface area contributed by atoms with Crippen LogP contribution in [0.25, 0.3) is 0 Å². The summed E-state index contributed by atoms with van der Waals surface area (Å²) in [5.74, 6) is 0. The standard InChI is InChI=1S/C13H14ClNS/c1-9-6-7-13(16-9)12(15)8-10-4-2-3-5-11(10)14/h2-7,12H,8,15H2,1H3. The van der Waals surface area contributed by atoms with E-state index in [4.69, 9.17) is 17.3 Å². The van der Waals surface area contributed by atoms with E-state index in [2.05, 4.69) is 19.1 Å². The molecular weight excluding hydrogens is 238 g/mol. The van der Waals surface area contributed by atoms with E-state index < -0.39 is 0 Å². The molecule has 1 unspecified atom stereocenters. The first-order valence-electron chi connectivity index (χ1n) is 5.22. The molecule has 1 nitrogen and oxygen atoms in total. The highest BCUT2D eigenvalue weighted by Gasteiger charge is 2.10. The van der Waals surface area contributed by atoms with Crippen LogP contribution in [0.3, 0.4) is 0 Å². The van der Waals surface area contributed by atoms with E-state index in [1.165, 1.54) is 9.75 Å². The van der Waals surface area contributed by atoms with Gasteiger partial charge in [0.1, 0.15) is 0 Å². The van der Waals surface area contributed by atoms with E-state index >= 15 is 0 Å². The molecule has 0 fully saturated rings. The minimum atomic E-state index is 0.0404. The molecule has 0 aliphatic rings. The first-order chi connectivity index (χ1) is 7.66. The summed E-state index contributed by atoms with van der Waals surface area (Å²) < 4.78 is 0. The largest absolute Gasteiger partial charge is 0.323 e. The van der Waals surface area contributed by atoms with Crippen LogP contribution >= 0.6 is 22.9 Å². The molecule has 0 saturated carbocycles. The summed E-state index contributed by atoms with van der Waals surface area (Å²) >= 11 is 7.86. The van der Waals surface area contributed by atoms with Crippen molar-refractivity contribution in [1.29, 1.82) is 0 Å². The Hall–Kier alpha value is -0.830. The van der Waals surface area contributed by atoms with Gasteiger partial charge < -0.3 is 5.73 Å². The third-order valence-electron chi connectivity index (χ3n) is 2.52. The first kappa shape index (κ1) is 11.6. The van der Waals surface area contributed by atoms with Crippen LogP contribution in [0.15, 0.2) is 36.4 Å². The van der Waals surface area contributed by atoms with Gasteiger partial charge in [-0.05, 0) is 37.1 Å². The summed E-state index contributed by atoms with van der Waals surface area (Å²) in [6, 6.07) is 12.1. The van der Waals surface area contributed by atoms with Crippen molar-refractivity contribution in [2.75, 3.05) is 0 Å². The second-order valence-electron chi connectivity index (χ2n) is 3.85. The normalized spacial score (nSPS) is 12.7. The van der Waals surface area contributed by atoms with Crippen LogP contribution in [-0.4, -0.2) is 0 Å². The number of benzene rings is 1. The average molecular weight is 252 g/mol. The van der Waals surface area contributed by atoms with Crippen LogP contribution in [0.5, 0.6) is 0 Å². The van der Waals surface area contributed by atoms with Crippen LogP contribution in [0.1, 0.15) is 21.4 Å².